The zero-order chi connectivity index (χ0) is 11.6. The van der Waals surface area contributed by atoms with Gasteiger partial charge >= 0.3 is 11.9 Å². The van der Waals surface area contributed by atoms with Crippen LogP contribution in [0.3, 0.4) is 0 Å². The molecule has 0 radical (unpaired) electrons. The van der Waals surface area contributed by atoms with Gasteiger partial charge in [-0.15, -0.1) is 0 Å². The number of aliphatic hydroxyl groups excluding tert-OH is 1. The molecule has 82 valence electrons. The number of aliphatic carboxylic acids is 1. The zero-order valence-electron chi connectivity index (χ0n) is 8.30. The molecule has 1 unspecified atom stereocenters. The van der Waals surface area contributed by atoms with Crippen molar-refractivity contribution in [3.8, 4) is 0 Å². The van der Waals surface area contributed by atoms with Crippen molar-refractivity contribution in [2.24, 2.45) is 7.05 Å². The van der Waals surface area contributed by atoms with Crippen molar-refractivity contribution in [1.82, 2.24) is 4.57 Å². The quantitative estimate of drug-likeness (QED) is 0.686. The molecule has 0 saturated carbocycles. The zero-order valence-corrected chi connectivity index (χ0v) is 8.30. The Morgan fingerprint density at radius 1 is 1.53 bits per heavy atom. The highest BCUT2D eigenvalue weighted by Gasteiger charge is 2.21. The van der Waals surface area contributed by atoms with E-state index in [2.05, 4.69) is 4.74 Å². The van der Waals surface area contributed by atoms with Crippen LogP contribution in [0.4, 0.5) is 0 Å². The van der Waals surface area contributed by atoms with Crippen LogP contribution in [0, 0.1) is 0 Å². The summed E-state index contributed by atoms with van der Waals surface area (Å²) < 4.78 is 5.88. The molecular formula is C9H11NO5. The third kappa shape index (κ3) is 2.16. The van der Waals surface area contributed by atoms with Crippen molar-refractivity contribution >= 4 is 11.9 Å². The maximum Gasteiger partial charge on any atom is 0.354 e. The lowest BCUT2D eigenvalue weighted by Crippen LogP contribution is -2.09. The summed E-state index contributed by atoms with van der Waals surface area (Å²) in [6.45, 7) is 0. The molecule has 0 spiro atoms. The molecule has 1 aromatic heterocycles. The number of esters is 1. The molecular weight excluding hydrogens is 202 g/mol. The summed E-state index contributed by atoms with van der Waals surface area (Å²) in [4.78, 5) is 21.7. The molecule has 6 nitrogen and oxygen atoms in total. The van der Waals surface area contributed by atoms with Gasteiger partial charge in [-0.2, -0.15) is 0 Å². The highest BCUT2D eigenvalue weighted by atomic mass is 16.5. The number of hydrogen-bond acceptors (Lipinski definition) is 4. The Morgan fingerprint density at radius 3 is 2.60 bits per heavy atom. The Hall–Kier alpha value is -1.82. The van der Waals surface area contributed by atoms with Gasteiger partial charge in [0.05, 0.1) is 7.11 Å². The van der Waals surface area contributed by atoms with E-state index in [9.17, 15) is 14.7 Å². The Labute approximate surface area is 85.7 Å². The average Bonchev–Trinajstić information content (AvgIpc) is 2.57. The number of aromatic nitrogens is 1. The molecule has 0 aliphatic rings. The fourth-order valence-electron chi connectivity index (χ4n) is 1.19. The molecule has 0 amide bonds. The lowest BCUT2D eigenvalue weighted by Gasteiger charge is -1.99. The van der Waals surface area contributed by atoms with Gasteiger partial charge in [-0.25, -0.2) is 9.59 Å². The van der Waals surface area contributed by atoms with E-state index in [0.717, 1.165) is 0 Å². The van der Waals surface area contributed by atoms with Crippen molar-refractivity contribution in [1.29, 1.82) is 0 Å². The van der Waals surface area contributed by atoms with Gasteiger partial charge in [-0.3, -0.25) is 0 Å². The van der Waals surface area contributed by atoms with Crippen molar-refractivity contribution < 1.29 is 24.5 Å². The van der Waals surface area contributed by atoms with E-state index in [1.807, 2.05) is 0 Å². The van der Waals surface area contributed by atoms with Gasteiger partial charge in [0.2, 0.25) is 0 Å². The van der Waals surface area contributed by atoms with Crippen LogP contribution in [-0.2, 0) is 16.6 Å². The van der Waals surface area contributed by atoms with E-state index in [1.165, 1.54) is 23.9 Å². The summed E-state index contributed by atoms with van der Waals surface area (Å²) in [5.74, 6) is -1.95. The lowest BCUT2D eigenvalue weighted by atomic mass is 10.2. The Morgan fingerprint density at radius 2 is 2.13 bits per heavy atom. The molecule has 1 atom stereocenters. The summed E-state index contributed by atoms with van der Waals surface area (Å²) in [7, 11) is 2.78. The summed E-state index contributed by atoms with van der Waals surface area (Å²) in [5, 5.41) is 17.8. The van der Waals surface area contributed by atoms with Crippen LogP contribution in [0.2, 0.25) is 0 Å². The Bertz CT molecular complexity index is 395. The second-order valence-electron chi connectivity index (χ2n) is 3.00. The SMILES string of the molecule is COC(=O)c1cc(C(O)C(=O)O)cn1C. The summed E-state index contributed by atoms with van der Waals surface area (Å²) in [6.07, 6.45) is -0.264. The summed E-state index contributed by atoms with van der Waals surface area (Å²) >= 11 is 0. The van der Waals surface area contributed by atoms with Crippen LogP contribution in [0.5, 0.6) is 0 Å². The van der Waals surface area contributed by atoms with E-state index >= 15 is 0 Å². The normalized spacial score (nSPS) is 12.2. The number of carbonyl (C=O) groups excluding carboxylic acids is 1. The second kappa shape index (κ2) is 4.14. The minimum absolute atomic E-state index is 0.144. The van der Waals surface area contributed by atoms with Gasteiger partial charge in [0.1, 0.15) is 5.69 Å². The highest BCUT2D eigenvalue weighted by Crippen LogP contribution is 2.16. The number of methoxy groups -OCH3 is 1. The molecule has 6 heteroatoms. The average molecular weight is 213 g/mol. The van der Waals surface area contributed by atoms with Crippen LogP contribution in [0.15, 0.2) is 12.3 Å². The smallest absolute Gasteiger partial charge is 0.354 e. The topological polar surface area (TPSA) is 88.8 Å². The first-order valence-corrected chi connectivity index (χ1v) is 4.12. The standard InChI is InChI=1S/C9H11NO5/c1-10-4-5(7(11)8(12)13)3-6(10)9(14)15-2/h3-4,7,11H,1-2H3,(H,12,13). The van der Waals surface area contributed by atoms with Crippen molar-refractivity contribution in [2.75, 3.05) is 7.11 Å². The molecule has 0 aliphatic carbocycles. The number of carboxylic acid groups (broad SMARTS) is 1. The summed E-state index contributed by atoms with van der Waals surface area (Å²) in [5.41, 5.74) is 0.332. The third-order valence-electron chi connectivity index (χ3n) is 1.97. The van der Waals surface area contributed by atoms with Crippen molar-refractivity contribution in [3.63, 3.8) is 0 Å². The van der Waals surface area contributed by atoms with Gasteiger partial charge in [0, 0.05) is 18.8 Å². The largest absolute Gasteiger partial charge is 0.479 e. The molecule has 0 aromatic carbocycles. The number of rotatable bonds is 3. The van der Waals surface area contributed by atoms with E-state index < -0.39 is 18.0 Å². The second-order valence-corrected chi connectivity index (χ2v) is 3.00. The monoisotopic (exact) mass is 213 g/mol. The number of nitrogens with zero attached hydrogens (tertiary/aromatic N) is 1. The lowest BCUT2D eigenvalue weighted by molar-refractivity contribution is -0.146. The molecule has 0 saturated heterocycles. The van der Waals surface area contributed by atoms with E-state index in [4.69, 9.17) is 5.11 Å². The minimum Gasteiger partial charge on any atom is -0.479 e. The fraction of sp³-hybridized carbons (Fsp3) is 0.333. The first-order chi connectivity index (χ1) is 6.97. The van der Waals surface area contributed by atoms with E-state index in [0.29, 0.717) is 0 Å². The minimum atomic E-state index is -1.63. The molecule has 1 rings (SSSR count). The predicted octanol–water partition coefficient (Wildman–Crippen LogP) is -0.0703. The van der Waals surface area contributed by atoms with Crippen molar-refractivity contribution in [3.05, 3.63) is 23.5 Å². The van der Waals surface area contributed by atoms with Crippen LogP contribution in [0.25, 0.3) is 0 Å². The van der Waals surface area contributed by atoms with Gasteiger partial charge < -0.3 is 19.5 Å². The fourth-order valence-corrected chi connectivity index (χ4v) is 1.19. The summed E-state index contributed by atoms with van der Waals surface area (Å²) in [6, 6.07) is 1.28. The Kier molecular flexibility index (Phi) is 3.11. The molecule has 1 aromatic rings. The van der Waals surface area contributed by atoms with Gasteiger partial charge in [-0.05, 0) is 6.07 Å². The Balaban J connectivity index is 3.05. The first kappa shape index (κ1) is 11.3. The third-order valence-corrected chi connectivity index (χ3v) is 1.97. The molecule has 15 heavy (non-hydrogen) atoms. The highest BCUT2D eigenvalue weighted by molar-refractivity contribution is 5.88. The van der Waals surface area contributed by atoms with Gasteiger partial charge in [0.25, 0.3) is 0 Å². The molecule has 2 N–H and O–H groups in total. The van der Waals surface area contributed by atoms with Crippen LogP contribution >= 0.6 is 0 Å². The van der Waals surface area contributed by atoms with E-state index in [-0.39, 0.29) is 11.3 Å². The van der Waals surface area contributed by atoms with E-state index in [1.54, 1.807) is 7.05 Å². The number of hydrogen-bond donors (Lipinski definition) is 2. The molecule has 0 aliphatic heterocycles. The number of aliphatic hydroxyl groups is 1. The van der Waals surface area contributed by atoms with Crippen LogP contribution < -0.4 is 0 Å². The van der Waals surface area contributed by atoms with Gasteiger partial charge in [0.15, 0.2) is 6.10 Å². The first-order valence-electron chi connectivity index (χ1n) is 4.12. The molecule has 1 heterocycles. The maximum absolute atomic E-state index is 11.2. The van der Waals surface area contributed by atoms with Crippen LogP contribution in [0.1, 0.15) is 22.2 Å². The predicted molar refractivity (Wildman–Crippen MR) is 49.3 cm³/mol. The van der Waals surface area contributed by atoms with Gasteiger partial charge in [-0.1, -0.05) is 0 Å². The molecule has 0 fully saturated rings. The van der Waals surface area contributed by atoms with Crippen LogP contribution in [-0.4, -0.2) is 33.8 Å². The number of aryl methyl sites for hydroxylation is 1. The number of carbonyl (C=O) groups is 2. The number of carboxylic acids is 1. The van der Waals surface area contributed by atoms with Crippen molar-refractivity contribution in [2.45, 2.75) is 6.10 Å². The number of ether oxygens (including phenoxy) is 1. The molecule has 0 bridgehead atoms. The maximum atomic E-state index is 11.2.